The van der Waals surface area contributed by atoms with Gasteiger partial charge in [0.05, 0.1) is 7.11 Å². The number of hydrogen-bond donors (Lipinski definition) is 1. The minimum atomic E-state index is -1.27. The Kier molecular flexibility index (Phi) is 5.34. The SMILES string of the molecule is COc1ccc(F)c(F)c1C(=O)N1CCC2(CC1)C(=O)NC(=O)N2Cc1ccccc1. The van der Waals surface area contributed by atoms with Crippen LogP contribution in [0.4, 0.5) is 13.6 Å². The highest BCUT2D eigenvalue weighted by Gasteiger charge is 2.54. The summed E-state index contributed by atoms with van der Waals surface area (Å²) in [5, 5.41) is 2.37. The fourth-order valence-corrected chi connectivity index (χ4v) is 4.22. The van der Waals surface area contributed by atoms with Crippen LogP contribution < -0.4 is 10.1 Å². The summed E-state index contributed by atoms with van der Waals surface area (Å²) in [7, 11) is 1.27. The van der Waals surface area contributed by atoms with Gasteiger partial charge in [0.25, 0.3) is 11.8 Å². The maximum Gasteiger partial charge on any atom is 0.325 e. The minimum Gasteiger partial charge on any atom is -0.496 e. The Bertz CT molecular complexity index is 1040. The minimum absolute atomic E-state index is 0.0660. The topological polar surface area (TPSA) is 79.0 Å². The van der Waals surface area contributed by atoms with E-state index in [0.717, 1.165) is 11.6 Å². The zero-order valence-corrected chi connectivity index (χ0v) is 16.9. The average molecular weight is 429 g/mol. The summed E-state index contributed by atoms with van der Waals surface area (Å²) >= 11 is 0. The molecule has 0 bridgehead atoms. The maximum absolute atomic E-state index is 14.3. The highest BCUT2D eigenvalue weighted by Crippen LogP contribution is 2.36. The summed E-state index contributed by atoms with van der Waals surface area (Å²) in [4.78, 5) is 40.9. The van der Waals surface area contributed by atoms with Gasteiger partial charge in [0.15, 0.2) is 11.6 Å². The lowest BCUT2D eigenvalue weighted by Gasteiger charge is -2.42. The lowest BCUT2D eigenvalue weighted by Crippen LogP contribution is -2.57. The van der Waals surface area contributed by atoms with E-state index in [1.807, 2.05) is 30.3 Å². The molecule has 162 valence electrons. The van der Waals surface area contributed by atoms with Gasteiger partial charge in [-0.1, -0.05) is 30.3 Å². The fraction of sp³-hybridized carbons (Fsp3) is 0.318. The lowest BCUT2D eigenvalue weighted by atomic mass is 9.85. The average Bonchev–Trinajstić information content (AvgIpc) is 3.00. The third kappa shape index (κ3) is 3.49. The number of nitrogens with one attached hydrogen (secondary N) is 1. The van der Waals surface area contributed by atoms with Crippen molar-refractivity contribution in [1.82, 2.24) is 15.1 Å². The van der Waals surface area contributed by atoms with Gasteiger partial charge in [0.2, 0.25) is 0 Å². The quantitative estimate of drug-likeness (QED) is 0.758. The van der Waals surface area contributed by atoms with E-state index in [1.54, 1.807) is 0 Å². The van der Waals surface area contributed by atoms with E-state index in [1.165, 1.54) is 23.0 Å². The molecule has 0 aliphatic carbocycles. The molecule has 9 heteroatoms. The molecular formula is C22H21F2N3O4. The molecule has 0 aromatic heterocycles. The predicted octanol–water partition coefficient (Wildman–Crippen LogP) is 2.70. The van der Waals surface area contributed by atoms with Crippen LogP contribution in [0, 0.1) is 11.6 Å². The first-order valence-corrected chi connectivity index (χ1v) is 9.85. The first-order valence-electron chi connectivity index (χ1n) is 9.85. The number of ether oxygens (including phenoxy) is 1. The van der Waals surface area contributed by atoms with E-state index >= 15 is 0 Å². The summed E-state index contributed by atoms with van der Waals surface area (Å²) < 4.78 is 33.1. The molecule has 2 aliphatic heterocycles. The third-order valence-corrected chi connectivity index (χ3v) is 5.96. The number of nitrogens with zero attached hydrogens (tertiary/aromatic N) is 2. The summed E-state index contributed by atoms with van der Waals surface area (Å²) in [6.45, 7) is 0.451. The van der Waals surface area contributed by atoms with Gasteiger partial charge < -0.3 is 14.5 Å². The summed E-state index contributed by atoms with van der Waals surface area (Å²) in [6, 6.07) is 10.9. The second-order valence-corrected chi connectivity index (χ2v) is 7.59. The van der Waals surface area contributed by atoms with Crippen molar-refractivity contribution < 1.29 is 27.9 Å². The number of rotatable bonds is 4. The van der Waals surface area contributed by atoms with Crippen molar-refractivity contribution in [3.63, 3.8) is 0 Å². The maximum atomic E-state index is 14.3. The van der Waals surface area contributed by atoms with Crippen LogP contribution in [0.3, 0.4) is 0 Å². The van der Waals surface area contributed by atoms with Crippen LogP contribution >= 0.6 is 0 Å². The summed E-state index contributed by atoms with van der Waals surface area (Å²) in [5.41, 5.74) is -0.697. The molecule has 2 aromatic rings. The standard InChI is InChI=1S/C22H21F2N3O4/c1-31-16-8-7-15(23)18(24)17(16)19(28)26-11-9-22(10-12-26)20(29)25-21(30)27(22)13-14-5-3-2-4-6-14/h2-8H,9-13H2,1H3,(H,25,29,30). The van der Waals surface area contributed by atoms with Crippen molar-refractivity contribution in [3.8, 4) is 5.75 Å². The fourth-order valence-electron chi connectivity index (χ4n) is 4.22. The molecule has 2 saturated heterocycles. The molecule has 0 radical (unpaired) electrons. The van der Waals surface area contributed by atoms with Crippen LogP contribution in [-0.2, 0) is 11.3 Å². The molecule has 2 fully saturated rings. The van der Waals surface area contributed by atoms with Crippen molar-refractivity contribution in [2.24, 2.45) is 0 Å². The Morgan fingerprint density at radius 1 is 1.10 bits per heavy atom. The predicted molar refractivity (Wildman–Crippen MR) is 106 cm³/mol. The molecule has 31 heavy (non-hydrogen) atoms. The molecular weight excluding hydrogens is 408 g/mol. The number of carbonyl (C=O) groups is 3. The number of likely N-dealkylation sites (tertiary alicyclic amines) is 1. The second-order valence-electron chi connectivity index (χ2n) is 7.59. The third-order valence-electron chi connectivity index (χ3n) is 5.96. The Balaban J connectivity index is 1.56. The van der Waals surface area contributed by atoms with Crippen LogP contribution in [-0.4, -0.2) is 53.4 Å². The number of methoxy groups -OCH3 is 1. The number of carbonyl (C=O) groups excluding carboxylic acids is 3. The van der Waals surface area contributed by atoms with Gasteiger partial charge >= 0.3 is 6.03 Å². The zero-order valence-electron chi connectivity index (χ0n) is 16.9. The first kappa shape index (κ1) is 20.8. The van der Waals surface area contributed by atoms with Gasteiger partial charge in [-0.2, -0.15) is 0 Å². The van der Waals surface area contributed by atoms with E-state index in [2.05, 4.69) is 5.32 Å². The highest BCUT2D eigenvalue weighted by atomic mass is 19.2. The van der Waals surface area contributed by atoms with Gasteiger partial charge in [-0.05, 0) is 30.5 Å². The summed E-state index contributed by atoms with van der Waals surface area (Å²) in [6.07, 6.45) is 0.366. The highest BCUT2D eigenvalue weighted by molar-refractivity contribution is 6.07. The molecule has 0 unspecified atom stereocenters. The number of urea groups is 1. The Morgan fingerprint density at radius 3 is 2.42 bits per heavy atom. The van der Waals surface area contributed by atoms with Gasteiger partial charge in [0, 0.05) is 19.6 Å². The number of imide groups is 1. The number of benzene rings is 2. The van der Waals surface area contributed by atoms with Crippen molar-refractivity contribution in [2.45, 2.75) is 24.9 Å². The molecule has 2 aliphatic rings. The van der Waals surface area contributed by atoms with Crippen LogP contribution in [0.25, 0.3) is 0 Å². The number of amides is 4. The monoisotopic (exact) mass is 429 g/mol. The van der Waals surface area contributed by atoms with E-state index in [-0.39, 0.29) is 38.2 Å². The molecule has 0 saturated carbocycles. The smallest absolute Gasteiger partial charge is 0.325 e. The van der Waals surface area contributed by atoms with Gasteiger partial charge in [-0.25, -0.2) is 13.6 Å². The number of piperidine rings is 1. The lowest BCUT2D eigenvalue weighted by molar-refractivity contribution is -0.129. The normalized spacial score (nSPS) is 17.8. The molecule has 1 N–H and O–H groups in total. The molecule has 2 aromatic carbocycles. The van der Waals surface area contributed by atoms with E-state index in [0.29, 0.717) is 0 Å². The van der Waals surface area contributed by atoms with Crippen molar-refractivity contribution in [2.75, 3.05) is 20.2 Å². The molecule has 0 atom stereocenters. The largest absolute Gasteiger partial charge is 0.496 e. The van der Waals surface area contributed by atoms with Crippen LogP contribution in [0.1, 0.15) is 28.8 Å². The van der Waals surface area contributed by atoms with Gasteiger partial charge in [0.1, 0.15) is 16.9 Å². The molecule has 4 amide bonds. The summed E-state index contributed by atoms with van der Waals surface area (Å²) in [5.74, 6) is -3.61. The van der Waals surface area contributed by atoms with Crippen molar-refractivity contribution in [1.29, 1.82) is 0 Å². The van der Waals surface area contributed by atoms with Gasteiger partial charge in [-0.3, -0.25) is 14.9 Å². The zero-order chi connectivity index (χ0) is 22.2. The van der Waals surface area contributed by atoms with E-state index in [4.69, 9.17) is 4.74 Å². The molecule has 1 spiro atoms. The Labute approximate surface area is 177 Å². The first-order chi connectivity index (χ1) is 14.9. The van der Waals surface area contributed by atoms with E-state index < -0.39 is 40.6 Å². The van der Waals surface area contributed by atoms with Crippen LogP contribution in [0.15, 0.2) is 42.5 Å². The molecule has 7 nitrogen and oxygen atoms in total. The van der Waals surface area contributed by atoms with E-state index in [9.17, 15) is 23.2 Å². The molecule has 2 heterocycles. The van der Waals surface area contributed by atoms with Gasteiger partial charge in [-0.15, -0.1) is 0 Å². The van der Waals surface area contributed by atoms with Crippen LogP contribution in [0.2, 0.25) is 0 Å². The Hall–Kier alpha value is -3.49. The van der Waals surface area contributed by atoms with Crippen molar-refractivity contribution >= 4 is 17.8 Å². The van der Waals surface area contributed by atoms with Crippen LogP contribution in [0.5, 0.6) is 5.75 Å². The Morgan fingerprint density at radius 2 is 1.77 bits per heavy atom. The second kappa shape index (κ2) is 7.98. The number of halogens is 2. The number of hydrogen-bond acceptors (Lipinski definition) is 4. The molecule has 4 rings (SSSR count). The van der Waals surface area contributed by atoms with Crippen molar-refractivity contribution in [3.05, 3.63) is 65.2 Å².